The second-order valence-corrected chi connectivity index (χ2v) is 5.54. The number of fused-ring (bicyclic) bond motifs is 3. The van der Waals surface area contributed by atoms with Gasteiger partial charge in [0, 0.05) is 31.2 Å². The van der Waals surface area contributed by atoms with Crippen LogP contribution in [0.5, 0.6) is 0 Å². The molecule has 0 bridgehead atoms. The smallest absolute Gasteiger partial charge is 0.305 e. The Morgan fingerprint density at radius 1 is 1.23 bits per heavy atom. The zero-order valence-corrected chi connectivity index (χ0v) is 12.6. The Morgan fingerprint density at radius 2 is 2.05 bits per heavy atom. The van der Waals surface area contributed by atoms with Gasteiger partial charge in [0.25, 0.3) is 0 Å². The number of rotatable bonds is 1. The SMILES string of the molecule is Cc1nn(C)cc1-c1ccc2ncc3c([nH]c(=O)n3C)c2c1. The van der Waals surface area contributed by atoms with Crippen molar-refractivity contribution in [2.24, 2.45) is 14.1 Å². The summed E-state index contributed by atoms with van der Waals surface area (Å²) in [7, 11) is 3.65. The van der Waals surface area contributed by atoms with Crippen LogP contribution < -0.4 is 5.69 Å². The van der Waals surface area contributed by atoms with Crippen LogP contribution in [0.25, 0.3) is 33.1 Å². The maximum absolute atomic E-state index is 11.9. The molecule has 0 atom stereocenters. The predicted octanol–water partition coefficient (Wildman–Crippen LogP) is 2.12. The van der Waals surface area contributed by atoms with Crippen LogP contribution in [0.1, 0.15) is 5.69 Å². The van der Waals surface area contributed by atoms with Crippen LogP contribution >= 0.6 is 0 Å². The van der Waals surface area contributed by atoms with Crippen LogP contribution in [0.4, 0.5) is 0 Å². The Bertz CT molecular complexity index is 1080. The highest BCUT2D eigenvalue weighted by Crippen LogP contribution is 2.28. The lowest BCUT2D eigenvalue weighted by atomic mass is 10.0. The number of H-pyrrole nitrogens is 1. The Labute approximate surface area is 126 Å². The number of hydrogen-bond acceptors (Lipinski definition) is 3. The van der Waals surface area contributed by atoms with Gasteiger partial charge < -0.3 is 4.98 Å². The van der Waals surface area contributed by atoms with Gasteiger partial charge in [-0.3, -0.25) is 14.2 Å². The van der Waals surface area contributed by atoms with Crippen LogP contribution in [0.15, 0.2) is 35.4 Å². The number of nitrogens with zero attached hydrogens (tertiary/aromatic N) is 4. The topological polar surface area (TPSA) is 68.5 Å². The first-order chi connectivity index (χ1) is 10.5. The first kappa shape index (κ1) is 12.8. The average molecular weight is 293 g/mol. The van der Waals surface area contributed by atoms with Crippen molar-refractivity contribution in [1.82, 2.24) is 24.3 Å². The van der Waals surface area contributed by atoms with E-state index in [2.05, 4.69) is 21.1 Å². The molecular formula is C16H15N5O. The summed E-state index contributed by atoms with van der Waals surface area (Å²) in [5.41, 5.74) is 5.48. The van der Waals surface area contributed by atoms with Gasteiger partial charge in [0.1, 0.15) is 0 Å². The van der Waals surface area contributed by atoms with Gasteiger partial charge in [0.15, 0.2) is 0 Å². The van der Waals surface area contributed by atoms with E-state index >= 15 is 0 Å². The second kappa shape index (κ2) is 4.30. The van der Waals surface area contributed by atoms with Gasteiger partial charge in [-0.15, -0.1) is 0 Å². The number of imidazole rings is 1. The van der Waals surface area contributed by atoms with Gasteiger partial charge in [-0.1, -0.05) is 6.07 Å². The van der Waals surface area contributed by atoms with Crippen LogP contribution in [0, 0.1) is 6.92 Å². The summed E-state index contributed by atoms with van der Waals surface area (Å²) in [6, 6.07) is 6.07. The fraction of sp³-hybridized carbons (Fsp3) is 0.188. The highest BCUT2D eigenvalue weighted by atomic mass is 16.1. The van der Waals surface area contributed by atoms with Crippen LogP contribution in [0.2, 0.25) is 0 Å². The highest BCUT2D eigenvalue weighted by Gasteiger charge is 2.11. The van der Waals surface area contributed by atoms with Crippen molar-refractivity contribution in [1.29, 1.82) is 0 Å². The lowest BCUT2D eigenvalue weighted by Crippen LogP contribution is -2.11. The van der Waals surface area contributed by atoms with Crippen LogP contribution in [0.3, 0.4) is 0 Å². The lowest BCUT2D eigenvalue weighted by Gasteiger charge is -2.04. The highest BCUT2D eigenvalue weighted by molar-refractivity contribution is 6.03. The second-order valence-electron chi connectivity index (χ2n) is 5.54. The first-order valence-electron chi connectivity index (χ1n) is 7.02. The van der Waals surface area contributed by atoms with E-state index in [9.17, 15) is 4.79 Å². The average Bonchev–Trinajstić information content (AvgIpc) is 2.99. The fourth-order valence-electron chi connectivity index (χ4n) is 2.92. The quantitative estimate of drug-likeness (QED) is 0.584. The zero-order valence-electron chi connectivity index (χ0n) is 12.6. The molecule has 6 heteroatoms. The molecule has 22 heavy (non-hydrogen) atoms. The number of hydrogen-bond donors (Lipinski definition) is 1. The third-order valence-corrected chi connectivity index (χ3v) is 4.07. The number of pyridine rings is 1. The number of nitrogens with one attached hydrogen (secondary N) is 1. The first-order valence-corrected chi connectivity index (χ1v) is 7.02. The molecule has 0 aliphatic heterocycles. The summed E-state index contributed by atoms with van der Waals surface area (Å²) in [6.45, 7) is 1.99. The predicted molar refractivity (Wildman–Crippen MR) is 85.8 cm³/mol. The number of aryl methyl sites for hydroxylation is 3. The summed E-state index contributed by atoms with van der Waals surface area (Å²) in [5.74, 6) is 0. The molecule has 110 valence electrons. The number of aromatic amines is 1. The summed E-state index contributed by atoms with van der Waals surface area (Å²) in [6.07, 6.45) is 3.72. The van der Waals surface area contributed by atoms with Crippen molar-refractivity contribution in [3.63, 3.8) is 0 Å². The minimum atomic E-state index is -0.132. The van der Waals surface area contributed by atoms with E-state index in [-0.39, 0.29) is 5.69 Å². The van der Waals surface area contributed by atoms with Gasteiger partial charge in [0.05, 0.1) is 28.4 Å². The van der Waals surface area contributed by atoms with Crippen molar-refractivity contribution in [2.45, 2.75) is 6.92 Å². The Kier molecular flexibility index (Phi) is 2.51. The Balaban J connectivity index is 2.07. The maximum Gasteiger partial charge on any atom is 0.326 e. The summed E-state index contributed by atoms with van der Waals surface area (Å²) in [5, 5.41) is 5.33. The molecule has 0 radical (unpaired) electrons. The Morgan fingerprint density at radius 3 is 2.77 bits per heavy atom. The number of benzene rings is 1. The van der Waals surface area contributed by atoms with Crippen LogP contribution in [-0.2, 0) is 14.1 Å². The van der Waals surface area contributed by atoms with Crippen LogP contribution in [-0.4, -0.2) is 24.3 Å². The molecule has 4 rings (SSSR count). The molecule has 0 saturated carbocycles. The molecule has 0 spiro atoms. The molecule has 3 heterocycles. The van der Waals surface area contributed by atoms with Gasteiger partial charge in [-0.05, 0) is 24.6 Å². The van der Waals surface area contributed by atoms with E-state index in [4.69, 9.17) is 0 Å². The van der Waals surface area contributed by atoms with Gasteiger partial charge in [-0.2, -0.15) is 5.10 Å². The van der Waals surface area contributed by atoms with E-state index in [1.165, 1.54) is 0 Å². The van der Waals surface area contributed by atoms with E-state index < -0.39 is 0 Å². The Hall–Kier alpha value is -2.89. The monoisotopic (exact) mass is 293 g/mol. The molecule has 0 amide bonds. The minimum Gasteiger partial charge on any atom is -0.305 e. The van der Waals surface area contributed by atoms with E-state index in [0.717, 1.165) is 38.8 Å². The fourth-order valence-corrected chi connectivity index (χ4v) is 2.92. The molecule has 1 N–H and O–H groups in total. The van der Waals surface area contributed by atoms with Crippen molar-refractivity contribution < 1.29 is 0 Å². The third-order valence-electron chi connectivity index (χ3n) is 4.07. The molecule has 4 aromatic rings. The van der Waals surface area contributed by atoms with Gasteiger partial charge >= 0.3 is 5.69 Å². The van der Waals surface area contributed by atoms with E-state index in [1.54, 1.807) is 22.5 Å². The van der Waals surface area contributed by atoms with Crippen molar-refractivity contribution in [2.75, 3.05) is 0 Å². The third kappa shape index (κ3) is 1.70. The van der Waals surface area contributed by atoms with E-state index in [0.29, 0.717) is 0 Å². The standard InChI is InChI=1S/C16H15N5O/c1-9-12(8-20(2)19-9)10-4-5-13-11(6-10)15-14(7-17-13)21(3)16(22)18-15/h4-8H,1-3H3,(H,18,22). The van der Waals surface area contributed by atoms with Gasteiger partial charge in [-0.25, -0.2) is 4.79 Å². The zero-order chi connectivity index (χ0) is 15.4. The summed E-state index contributed by atoms with van der Waals surface area (Å²) < 4.78 is 3.38. The molecule has 0 aliphatic carbocycles. The van der Waals surface area contributed by atoms with Crippen molar-refractivity contribution >= 4 is 21.9 Å². The van der Waals surface area contributed by atoms with E-state index in [1.807, 2.05) is 32.3 Å². The van der Waals surface area contributed by atoms with Crippen molar-refractivity contribution in [3.8, 4) is 11.1 Å². The molecule has 0 saturated heterocycles. The molecule has 0 aliphatic rings. The molecular weight excluding hydrogens is 278 g/mol. The summed E-state index contributed by atoms with van der Waals surface area (Å²) >= 11 is 0. The lowest BCUT2D eigenvalue weighted by molar-refractivity contribution is 0.756. The molecule has 6 nitrogen and oxygen atoms in total. The normalized spacial score (nSPS) is 11.6. The molecule has 0 unspecified atom stereocenters. The maximum atomic E-state index is 11.9. The van der Waals surface area contributed by atoms with Crippen molar-refractivity contribution in [3.05, 3.63) is 46.8 Å². The summed E-state index contributed by atoms with van der Waals surface area (Å²) in [4.78, 5) is 19.2. The van der Waals surface area contributed by atoms with Gasteiger partial charge in [0.2, 0.25) is 0 Å². The largest absolute Gasteiger partial charge is 0.326 e. The molecule has 1 aromatic carbocycles. The molecule has 0 fully saturated rings. The molecule has 3 aromatic heterocycles. The minimum absolute atomic E-state index is 0.132. The number of aromatic nitrogens is 5.